The summed E-state index contributed by atoms with van der Waals surface area (Å²) in [5.41, 5.74) is 5.78. The Morgan fingerprint density at radius 2 is 2.08 bits per heavy atom. The lowest BCUT2D eigenvalue weighted by molar-refractivity contribution is -0.119. The van der Waals surface area contributed by atoms with Crippen molar-refractivity contribution in [3.8, 4) is 17.1 Å². The summed E-state index contributed by atoms with van der Waals surface area (Å²) in [7, 11) is 1.59. The largest absolute Gasteiger partial charge is 0.496 e. The highest BCUT2D eigenvalue weighted by Crippen LogP contribution is 2.31. The lowest BCUT2D eigenvalue weighted by atomic mass is 10.2. The zero-order chi connectivity index (χ0) is 17.7. The van der Waals surface area contributed by atoms with Gasteiger partial charge >= 0.3 is 6.03 Å². The second-order valence-corrected chi connectivity index (χ2v) is 6.17. The van der Waals surface area contributed by atoms with E-state index in [4.69, 9.17) is 10.5 Å². The number of amides is 3. The van der Waals surface area contributed by atoms with E-state index in [9.17, 15) is 9.59 Å². The molecule has 128 valence electrons. The molecule has 9 heteroatoms. The molecule has 0 unspecified atom stereocenters. The third kappa shape index (κ3) is 3.85. The number of carbonyl (C=O) groups is 2. The maximum Gasteiger partial charge on any atom is 0.318 e. The van der Waals surface area contributed by atoms with E-state index in [2.05, 4.69) is 15.5 Å². The van der Waals surface area contributed by atoms with Crippen LogP contribution in [0.1, 0.15) is 13.8 Å². The molecule has 0 aliphatic heterocycles. The molecule has 0 aliphatic carbocycles. The van der Waals surface area contributed by atoms with E-state index < -0.39 is 17.2 Å². The van der Waals surface area contributed by atoms with Crippen molar-refractivity contribution in [2.24, 2.45) is 5.73 Å². The van der Waals surface area contributed by atoms with Crippen molar-refractivity contribution in [2.45, 2.75) is 30.8 Å². The van der Waals surface area contributed by atoms with Gasteiger partial charge in [0.05, 0.1) is 17.9 Å². The number of benzene rings is 1. The lowest BCUT2D eigenvalue weighted by Crippen LogP contribution is -2.39. The van der Waals surface area contributed by atoms with Gasteiger partial charge in [0.15, 0.2) is 11.0 Å². The van der Waals surface area contributed by atoms with E-state index in [1.807, 2.05) is 35.8 Å². The Bertz CT molecular complexity index is 746. The molecular weight excluding hydrogens is 330 g/mol. The Hall–Kier alpha value is -2.55. The van der Waals surface area contributed by atoms with Gasteiger partial charge in [0, 0.05) is 6.54 Å². The Labute approximate surface area is 143 Å². The molecular formula is C15H19N5O3S. The molecule has 0 radical (unpaired) electrons. The minimum atomic E-state index is -0.876. The number of rotatable bonds is 6. The molecule has 1 aromatic heterocycles. The van der Waals surface area contributed by atoms with Crippen molar-refractivity contribution in [1.29, 1.82) is 0 Å². The van der Waals surface area contributed by atoms with Crippen LogP contribution < -0.4 is 15.8 Å². The molecule has 3 amide bonds. The number of hydrogen-bond acceptors (Lipinski definition) is 6. The summed E-state index contributed by atoms with van der Waals surface area (Å²) in [5, 5.41) is 10.5. The zero-order valence-corrected chi connectivity index (χ0v) is 14.5. The van der Waals surface area contributed by atoms with Crippen LogP contribution in [0.5, 0.6) is 5.75 Å². The van der Waals surface area contributed by atoms with Gasteiger partial charge in [0.1, 0.15) is 5.75 Å². The van der Waals surface area contributed by atoms with Crippen LogP contribution in [-0.2, 0) is 11.3 Å². The van der Waals surface area contributed by atoms with Crippen LogP contribution in [-0.4, -0.2) is 39.1 Å². The number of hydrogen-bond donors (Lipinski definition) is 2. The number of nitrogens with two attached hydrogens (primary N) is 1. The number of nitrogens with zero attached hydrogens (tertiary/aromatic N) is 3. The van der Waals surface area contributed by atoms with Crippen LogP contribution in [0.4, 0.5) is 4.79 Å². The van der Waals surface area contributed by atoms with Gasteiger partial charge in [0.2, 0.25) is 5.91 Å². The number of carbonyl (C=O) groups excluding carboxylic acids is 2. The Morgan fingerprint density at radius 3 is 2.71 bits per heavy atom. The summed E-state index contributed by atoms with van der Waals surface area (Å²) in [6.45, 7) is 4.24. The van der Waals surface area contributed by atoms with E-state index >= 15 is 0 Å². The molecule has 8 nitrogen and oxygen atoms in total. The Kier molecular flexibility index (Phi) is 5.80. The quantitative estimate of drug-likeness (QED) is 0.767. The van der Waals surface area contributed by atoms with Gasteiger partial charge in [-0.2, -0.15) is 0 Å². The summed E-state index contributed by atoms with van der Waals surface area (Å²) >= 11 is 1.20. The summed E-state index contributed by atoms with van der Waals surface area (Å²) in [6, 6.07) is 6.63. The molecule has 0 saturated carbocycles. The van der Waals surface area contributed by atoms with Gasteiger partial charge in [0.25, 0.3) is 0 Å². The average molecular weight is 349 g/mol. The second kappa shape index (κ2) is 7.82. The first-order valence-corrected chi connectivity index (χ1v) is 8.19. The van der Waals surface area contributed by atoms with Crippen LogP contribution >= 0.6 is 11.8 Å². The number of imide groups is 1. The van der Waals surface area contributed by atoms with Gasteiger partial charge in [-0.25, -0.2) is 4.79 Å². The highest BCUT2D eigenvalue weighted by molar-refractivity contribution is 8.00. The first-order chi connectivity index (χ1) is 11.5. The van der Waals surface area contributed by atoms with Gasteiger partial charge in [-0.05, 0) is 26.0 Å². The van der Waals surface area contributed by atoms with Crippen molar-refractivity contribution in [3.05, 3.63) is 24.3 Å². The molecule has 2 rings (SSSR count). The number of primary amides is 1. The van der Waals surface area contributed by atoms with Crippen molar-refractivity contribution in [1.82, 2.24) is 20.1 Å². The molecule has 0 spiro atoms. The van der Waals surface area contributed by atoms with E-state index in [1.165, 1.54) is 11.8 Å². The van der Waals surface area contributed by atoms with Gasteiger partial charge in [-0.3, -0.25) is 10.1 Å². The van der Waals surface area contributed by atoms with Gasteiger partial charge < -0.3 is 15.0 Å². The maximum absolute atomic E-state index is 11.8. The van der Waals surface area contributed by atoms with Crippen molar-refractivity contribution in [2.75, 3.05) is 7.11 Å². The van der Waals surface area contributed by atoms with Crippen LogP contribution in [0, 0.1) is 0 Å². The number of methoxy groups -OCH3 is 1. The monoisotopic (exact) mass is 349 g/mol. The SMILES string of the molecule is CCn1c(S[C@H](C)C(=O)NC(N)=O)nnc1-c1ccccc1OC. The number of nitrogens with one attached hydrogen (secondary N) is 1. The van der Waals surface area contributed by atoms with E-state index in [-0.39, 0.29) is 0 Å². The Balaban J connectivity index is 2.30. The predicted molar refractivity (Wildman–Crippen MR) is 90.7 cm³/mol. The van der Waals surface area contributed by atoms with E-state index in [0.29, 0.717) is 23.3 Å². The molecule has 24 heavy (non-hydrogen) atoms. The first-order valence-electron chi connectivity index (χ1n) is 7.31. The van der Waals surface area contributed by atoms with E-state index in [1.54, 1.807) is 14.0 Å². The lowest BCUT2D eigenvalue weighted by Gasteiger charge is -2.12. The van der Waals surface area contributed by atoms with Crippen LogP contribution in [0.25, 0.3) is 11.4 Å². The molecule has 1 atom stereocenters. The number of aromatic nitrogens is 3. The standard InChI is InChI=1S/C15H19N5O3S/c1-4-20-12(10-7-5-6-8-11(10)23-3)18-19-15(20)24-9(2)13(21)17-14(16)22/h5-9H,4H2,1-3H3,(H3,16,17,21,22)/t9-/m1/s1. The molecule has 3 N–H and O–H groups in total. The number of para-hydroxylation sites is 1. The van der Waals surface area contributed by atoms with Gasteiger partial charge in [-0.15, -0.1) is 10.2 Å². The summed E-state index contributed by atoms with van der Waals surface area (Å²) in [6.07, 6.45) is 0. The van der Waals surface area contributed by atoms with Crippen LogP contribution in [0.3, 0.4) is 0 Å². The molecule has 0 saturated heterocycles. The molecule has 2 aromatic rings. The summed E-state index contributed by atoms with van der Waals surface area (Å²) < 4.78 is 7.25. The van der Waals surface area contributed by atoms with Crippen molar-refractivity contribution in [3.63, 3.8) is 0 Å². The summed E-state index contributed by atoms with van der Waals surface area (Å²) in [5.74, 6) is 0.868. The highest BCUT2D eigenvalue weighted by Gasteiger charge is 2.22. The molecule has 1 heterocycles. The van der Waals surface area contributed by atoms with Crippen LogP contribution in [0.15, 0.2) is 29.4 Å². The third-order valence-electron chi connectivity index (χ3n) is 3.28. The fourth-order valence-electron chi connectivity index (χ4n) is 2.12. The molecule has 1 aromatic carbocycles. The Morgan fingerprint density at radius 1 is 1.38 bits per heavy atom. The summed E-state index contributed by atoms with van der Waals surface area (Å²) in [4.78, 5) is 22.6. The fraction of sp³-hybridized carbons (Fsp3) is 0.333. The van der Waals surface area contributed by atoms with Crippen LogP contribution in [0.2, 0.25) is 0 Å². The topological polar surface area (TPSA) is 112 Å². The smallest absolute Gasteiger partial charge is 0.318 e. The van der Waals surface area contributed by atoms with E-state index in [0.717, 1.165) is 5.56 Å². The third-order valence-corrected chi connectivity index (χ3v) is 4.36. The zero-order valence-electron chi connectivity index (χ0n) is 13.6. The molecule has 0 bridgehead atoms. The minimum Gasteiger partial charge on any atom is -0.496 e. The fourth-order valence-corrected chi connectivity index (χ4v) is 3.04. The van der Waals surface area contributed by atoms with Crippen molar-refractivity contribution < 1.29 is 14.3 Å². The molecule has 0 aliphatic rings. The number of urea groups is 1. The normalized spacial score (nSPS) is 11.8. The highest BCUT2D eigenvalue weighted by atomic mass is 32.2. The second-order valence-electron chi connectivity index (χ2n) is 4.86. The number of ether oxygens (including phenoxy) is 1. The number of thioether (sulfide) groups is 1. The molecule has 0 fully saturated rings. The average Bonchev–Trinajstić information content (AvgIpc) is 2.96. The maximum atomic E-state index is 11.8. The first kappa shape index (κ1) is 17.8. The van der Waals surface area contributed by atoms with Gasteiger partial charge in [-0.1, -0.05) is 23.9 Å². The van der Waals surface area contributed by atoms with Crippen molar-refractivity contribution >= 4 is 23.7 Å². The minimum absolute atomic E-state index is 0.475. The predicted octanol–water partition coefficient (Wildman–Crippen LogP) is 1.65.